The molecule has 6 nitrogen and oxygen atoms in total. The van der Waals surface area contributed by atoms with Crippen LogP contribution in [0.1, 0.15) is 123 Å². The number of hydrogen-bond donors (Lipinski definition) is 3. The van der Waals surface area contributed by atoms with Gasteiger partial charge in [-0.1, -0.05) is 104 Å². The number of carbonyl (C=O) groups is 1. The van der Waals surface area contributed by atoms with Crippen LogP contribution in [-0.4, -0.2) is 18.5 Å². The van der Waals surface area contributed by atoms with Crippen LogP contribution < -0.4 is 16.6 Å². The Hall–Kier alpha value is -1.46. The zero-order chi connectivity index (χ0) is 20.7. The summed E-state index contributed by atoms with van der Waals surface area (Å²) in [5, 5.41) is 3.96. The van der Waals surface area contributed by atoms with Crippen molar-refractivity contribution in [3.63, 3.8) is 0 Å². The lowest BCUT2D eigenvalue weighted by atomic mass is 10.1. The van der Waals surface area contributed by atoms with Gasteiger partial charge >= 0.3 is 5.97 Å². The molecule has 0 aromatic rings. The Labute approximate surface area is 173 Å². The molecule has 0 amide bonds. The van der Waals surface area contributed by atoms with Gasteiger partial charge in [-0.25, -0.2) is 4.79 Å². The number of hydroxylamine groups is 1. The highest BCUT2D eigenvalue weighted by molar-refractivity contribution is 5.79. The van der Waals surface area contributed by atoms with Gasteiger partial charge in [-0.05, 0) is 12.8 Å². The topological polar surface area (TPSA) is 88.7 Å². The fourth-order valence-corrected chi connectivity index (χ4v) is 3.07. The smallest absolute Gasteiger partial charge is 0.332 e. The second-order valence-electron chi connectivity index (χ2n) is 7.68. The first-order chi connectivity index (χ1) is 13.7. The summed E-state index contributed by atoms with van der Waals surface area (Å²) in [6.45, 7) is 5.24. The first-order valence-corrected chi connectivity index (χ1v) is 11.7. The molecule has 0 atom stereocenters. The molecule has 28 heavy (non-hydrogen) atoms. The second kappa shape index (κ2) is 21.8. The van der Waals surface area contributed by atoms with Crippen LogP contribution in [0.25, 0.3) is 0 Å². The van der Waals surface area contributed by atoms with Gasteiger partial charge < -0.3 is 16.0 Å². The van der Waals surface area contributed by atoms with E-state index in [0.717, 1.165) is 25.8 Å². The summed E-state index contributed by atoms with van der Waals surface area (Å²) >= 11 is 0. The molecule has 0 radical (unpaired) electrons. The Morgan fingerprint density at radius 1 is 0.750 bits per heavy atom. The van der Waals surface area contributed by atoms with Crippen LogP contribution in [0.5, 0.6) is 0 Å². The maximum absolute atomic E-state index is 11.6. The number of hydrazone groups is 1. The molecule has 0 aliphatic rings. The highest BCUT2D eigenvalue weighted by atomic mass is 16.7. The molecular weight excluding hydrogens is 352 g/mol. The highest BCUT2D eigenvalue weighted by Crippen LogP contribution is 2.09. The fraction of sp³-hybridized carbons (Fsp3) is 0.909. The van der Waals surface area contributed by atoms with Gasteiger partial charge in [0.15, 0.2) is 0 Å². The lowest BCUT2D eigenvalue weighted by Crippen LogP contribution is -2.35. The number of nitrogens with one attached hydrogen (secondary N) is 2. The molecule has 0 aromatic carbocycles. The van der Waals surface area contributed by atoms with E-state index >= 15 is 0 Å². The van der Waals surface area contributed by atoms with Crippen LogP contribution in [0.4, 0.5) is 0 Å². The van der Waals surface area contributed by atoms with Gasteiger partial charge in [0.2, 0.25) is 5.96 Å². The van der Waals surface area contributed by atoms with E-state index in [1.807, 2.05) is 0 Å². The molecule has 4 N–H and O–H groups in total. The fourth-order valence-electron chi connectivity index (χ4n) is 3.07. The lowest BCUT2D eigenvalue weighted by molar-refractivity contribution is -0.148. The van der Waals surface area contributed by atoms with Crippen molar-refractivity contribution < 1.29 is 9.63 Å². The Kier molecular flexibility index (Phi) is 20.7. The van der Waals surface area contributed by atoms with Crippen LogP contribution >= 0.6 is 0 Å². The van der Waals surface area contributed by atoms with Crippen LogP contribution in [0.15, 0.2) is 5.10 Å². The van der Waals surface area contributed by atoms with E-state index in [4.69, 9.17) is 10.6 Å². The van der Waals surface area contributed by atoms with Crippen molar-refractivity contribution in [2.75, 3.05) is 6.54 Å². The number of rotatable bonds is 19. The Morgan fingerprint density at radius 2 is 1.21 bits per heavy atom. The van der Waals surface area contributed by atoms with Gasteiger partial charge in [0.05, 0.1) is 0 Å². The molecular formula is C22H46N4O2. The summed E-state index contributed by atoms with van der Waals surface area (Å²) < 4.78 is 0. The van der Waals surface area contributed by atoms with Gasteiger partial charge in [0.25, 0.3) is 0 Å². The average Bonchev–Trinajstić information content (AvgIpc) is 2.69. The van der Waals surface area contributed by atoms with Gasteiger partial charge in [-0.2, -0.15) is 5.48 Å². The van der Waals surface area contributed by atoms with Crippen LogP contribution in [0, 0.1) is 0 Å². The third kappa shape index (κ3) is 20.8. The highest BCUT2D eigenvalue weighted by Gasteiger charge is 2.03. The van der Waals surface area contributed by atoms with Crippen LogP contribution in [0.3, 0.4) is 0 Å². The molecule has 0 aliphatic carbocycles. The van der Waals surface area contributed by atoms with Gasteiger partial charge in [0, 0.05) is 13.0 Å². The minimum atomic E-state index is -0.286. The number of hydrogen-bond acceptors (Lipinski definition) is 4. The first-order valence-electron chi connectivity index (χ1n) is 11.7. The van der Waals surface area contributed by atoms with E-state index in [-0.39, 0.29) is 11.9 Å². The quantitative estimate of drug-likeness (QED) is 0.115. The third-order valence-corrected chi connectivity index (χ3v) is 4.85. The molecule has 0 unspecified atom stereocenters. The normalized spacial score (nSPS) is 11.4. The maximum Gasteiger partial charge on any atom is 0.332 e. The SMILES string of the molecule is CCCCCCCCCCCNN=C(N)NOC(=O)CCCCCCCCC. The van der Waals surface area contributed by atoms with Gasteiger partial charge in [-0.3, -0.25) is 0 Å². The van der Waals surface area contributed by atoms with Crippen molar-refractivity contribution in [1.29, 1.82) is 0 Å². The van der Waals surface area contributed by atoms with Crippen molar-refractivity contribution >= 4 is 11.9 Å². The number of nitrogens with zero attached hydrogens (tertiary/aromatic N) is 1. The molecule has 6 heteroatoms. The first kappa shape index (κ1) is 26.5. The summed E-state index contributed by atoms with van der Waals surface area (Å²) in [4.78, 5) is 16.5. The molecule has 0 saturated heterocycles. The zero-order valence-electron chi connectivity index (χ0n) is 18.6. The number of carbonyl (C=O) groups excluding carboxylic acids is 1. The lowest BCUT2D eigenvalue weighted by Gasteiger charge is -2.07. The Balaban J connectivity index is 3.40. The van der Waals surface area contributed by atoms with Crippen molar-refractivity contribution in [3.05, 3.63) is 0 Å². The molecule has 0 spiro atoms. The Morgan fingerprint density at radius 3 is 1.75 bits per heavy atom. The van der Waals surface area contributed by atoms with Crippen molar-refractivity contribution in [2.24, 2.45) is 10.8 Å². The van der Waals surface area contributed by atoms with Crippen molar-refractivity contribution in [3.8, 4) is 0 Å². The van der Waals surface area contributed by atoms with E-state index in [1.54, 1.807) is 0 Å². The number of unbranched alkanes of at least 4 members (excludes halogenated alkanes) is 14. The molecule has 0 aliphatic heterocycles. The molecule has 166 valence electrons. The molecule has 0 saturated carbocycles. The van der Waals surface area contributed by atoms with E-state index < -0.39 is 0 Å². The van der Waals surface area contributed by atoms with E-state index in [2.05, 4.69) is 29.9 Å². The van der Waals surface area contributed by atoms with E-state index in [0.29, 0.717) is 6.42 Å². The predicted molar refractivity (Wildman–Crippen MR) is 119 cm³/mol. The van der Waals surface area contributed by atoms with Gasteiger partial charge in [-0.15, -0.1) is 5.10 Å². The van der Waals surface area contributed by atoms with Crippen molar-refractivity contribution in [2.45, 2.75) is 123 Å². The second-order valence-corrected chi connectivity index (χ2v) is 7.68. The average molecular weight is 399 g/mol. The number of nitrogens with two attached hydrogens (primary N) is 1. The molecule has 0 fully saturated rings. The summed E-state index contributed by atoms with van der Waals surface area (Å²) in [7, 11) is 0. The maximum atomic E-state index is 11.6. The third-order valence-electron chi connectivity index (χ3n) is 4.85. The zero-order valence-corrected chi connectivity index (χ0v) is 18.6. The van der Waals surface area contributed by atoms with E-state index in [1.165, 1.54) is 83.5 Å². The monoisotopic (exact) mass is 398 g/mol. The molecule has 0 bridgehead atoms. The summed E-state index contributed by atoms with van der Waals surface area (Å²) in [6, 6.07) is 0. The minimum absolute atomic E-state index is 0.0869. The standard InChI is InChI=1S/C22H46N4O2/c1-3-5-7-9-11-12-14-16-18-20-24-25-22(23)26-28-21(27)19-17-15-13-10-8-6-4-2/h24H,3-20H2,1-2H3,(H3,23,25,26). The number of guanidine groups is 1. The van der Waals surface area contributed by atoms with Crippen molar-refractivity contribution in [1.82, 2.24) is 10.9 Å². The summed E-state index contributed by atoms with van der Waals surface area (Å²) in [5.74, 6) is -0.200. The summed E-state index contributed by atoms with van der Waals surface area (Å²) in [5.41, 5.74) is 11.0. The summed E-state index contributed by atoms with van der Waals surface area (Å²) in [6.07, 6.45) is 20.3. The Bertz CT molecular complexity index is 376. The largest absolute Gasteiger partial charge is 0.366 e. The predicted octanol–water partition coefficient (Wildman–Crippen LogP) is 5.53. The molecule has 0 rings (SSSR count). The van der Waals surface area contributed by atoms with Crippen LogP contribution in [0.2, 0.25) is 0 Å². The molecule has 0 aromatic heterocycles. The minimum Gasteiger partial charge on any atom is -0.366 e. The van der Waals surface area contributed by atoms with Gasteiger partial charge in [0.1, 0.15) is 0 Å². The van der Waals surface area contributed by atoms with Crippen LogP contribution in [-0.2, 0) is 9.63 Å². The molecule has 0 heterocycles. The van der Waals surface area contributed by atoms with E-state index in [9.17, 15) is 4.79 Å².